The molecular weight excluding hydrogens is 470 g/mol. The Morgan fingerprint density at radius 2 is 1.00 bits per heavy atom. The van der Waals surface area contributed by atoms with E-state index in [9.17, 15) is 0 Å². The number of hydrogen-bond acceptors (Lipinski definition) is 1. The number of benzene rings is 6. The van der Waals surface area contributed by atoms with E-state index in [0.29, 0.717) is 0 Å². The summed E-state index contributed by atoms with van der Waals surface area (Å²) in [7, 11) is 0. The highest BCUT2D eigenvalue weighted by atomic mass is 14.9. The minimum atomic E-state index is -0.327. The van der Waals surface area contributed by atoms with Gasteiger partial charge in [-0.15, -0.1) is 0 Å². The fourth-order valence-electron chi connectivity index (χ4n) is 6.98. The minimum absolute atomic E-state index is 0.327. The van der Waals surface area contributed by atoms with E-state index in [1.54, 1.807) is 0 Å². The first-order valence-electron chi connectivity index (χ1n) is 13.7. The molecule has 0 radical (unpaired) electrons. The van der Waals surface area contributed by atoms with Gasteiger partial charge in [-0.2, -0.15) is 0 Å². The Morgan fingerprint density at radius 3 is 1.72 bits per heavy atom. The molecule has 0 aromatic heterocycles. The van der Waals surface area contributed by atoms with E-state index >= 15 is 0 Å². The average molecular weight is 498 g/mol. The lowest BCUT2D eigenvalue weighted by molar-refractivity contribution is 0.722. The summed E-state index contributed by atoms with van der Waals surface area (Å²) in [6, 6.07) is 53.2. The lowest BCUT2D eigenvalue weighted by atomic mass is 9.61. The lowest BCUT2D eigenvalue weighted by Gasteiger charge is -2.40. The van der Waals surface area contributed by atoms with Gasteiger partial charge in [-0.3, -0.25) is 0 Å². The maximum Gasteiger partial charge on any atom is 0.0719 e. The molecule has 0 saturated heterocycles. The predicted octanol–water partition coefficient (Wildman–Crippen LogP) is 9.36. The Kier molecular flexibility index (Phi) is 4.87. The van der Waals surface area contributed by atoms with Crippen LogP contribution in [0.15, 0.2) is 146 Å². The van der Waals surface area contributed by atoms with Crippen molar-refractivity contribution in [1.82, 2.24) is 0 Å². The maximum atomic E-state index is 3.79. The molecule has 0 bridgehead atoms. The first kappa shape index (κ1) is 22.1. The van der Waals surface area contributed by atoms with Gasteiger partial charge in [0.25, 0.3) is 0 Å². The first-order chi connectivity index (χ1) is 19.3. The molecule has 2 aliphatic carbocycles. The Balaban J connectivity index is 1.33. The normalized spacial score (nSPS) is 13.7. The van der Waals surface area contributed by atoms with Crippen molar-refractivity contribution >= 4 is 11.4 Å². The number of rotatable bonds is 3. The molecule has 0 aliphatic heterocycles. The Labute approximate surface area is 229 Å². The maximum absolute atomic E-state index is 3.79. The third kappa shape index (κ3) is 3.20. The fraction of sp³-hybridized carbons (Fsp3) is 0.0526. The SMILES string of the molecule is c1ccc(-c2ccc(Nc3cccc4c3-c3ccccc3C43c4ccccc4Cc4ccccc43)cc2)cc1. The van der Waals surface area contributed by atoms with E-state index in [-0.39, 0.29) is 5.41 Å². The summed E-state index contributed by atoms with van der Waals surface area (Å²) in [5, 5.41) is 3.79. The lowest BCUT2D eigenvalue weighted by Crippen LogP contribution is -2.34. The van der Waals surface area contributed by atoms with Gasteiger partial charge in [0, 0.05) is 16.9 Å². The van der Waals surface area contributed by atoms with Gasteiger partial charge >= 0.3 is 0 Å². The van der Waals surface area contributed by atoms with Gasteiger partial charge in [0.05, 0.1) is 5.41 Å². The molecule has 1 spiro atoms. The third-order valence-electron chi connectivity index (χ3n) is 8.56. The van der Waals surface area contributed by atoms with Crippen molar-refractivity contribution in [1.29, 1.82) is 0 Å². The number of nitrogens with one attached hydrogen (secondary N) is 1. The van der Waals surface area contributed by atoms with Gasteiger partial charge in [0.1, 0.15) is 0 Å². The summed E-state index contributed by atoms with van der Waals surface area (Å²) in [5.41, 5.74) is 15.3. The second-order valence-corrected chi connectivity index (χ2v) is 10.6. The third-order valence-corrected chi connectivity index (χ3v) is 8.56. The summed E-state index contributed by atoms with van der Waals surface area (Å²) in [6.45, 7) is 0. The van der Waals surface area contributed by atoms with Crippen LogP contribution in [0.1, 0.15) is 33.4 Å². The topological polar surface area (TPSA) is 12.0 Å². The molecule has 8 rings (SSSR count). The zero-order chi connectivity index (χ0) is 25.8. The van der Waals surface area contributed by atoms with E-state index in [0.717, 1.165) is 17.8 Å². The Bertz CT molecular complexity index is 1800. The molecule has 0 saturated carbocycles. The van der Waals surface area contributed by atoms with Gasteiger partial charge in [0.15, 0.2) is 0 Å². The van der Waals surface area contributed by atoms with Gasteiger partial charge in [0.2, 0.25) is 0 Å². The van der Waals surface area contributed by atoms with Crippen LogP contribution in [0.4, 0.5) is 11.4 Å². The zero-order valence-electron chi connectivity index (χ0n) is 21.6. The first-order valence-corrected chi connectivity index (χ1v) is 13.7. The number of hydrogen-bond donors (Lipinski definition) is 1. The molecule has 1 heteroatoms. The summed E-state index contributed by atoms with van der Waals surface area (Å²) in [5.74, 6) is 0. The van der Waals surface area contributed by atoms with Crippen LogP contribution < -0.4 is 5.32 Å². The van der Waals surface area contributed by atoms with Gasteiger partial charge < -0.3 is 5.32 Å². The minimum Gasteiger partial charge on any atom is -0.355 e. The fourth-order valence-corrected chi connectivity index (χ4v) is 6.98. The van der Waals surface area contributed by atoms with Gasteiger partial charge in [-0.05, 0) is 74.7 Å². The second kappa shape index (κ2) is 8.58. The smallest absolute Gasteiger partial charge is 0.0719 e. The summed E-state index contributed by atoms with van der Waals surface area (Å²) < 4.78 is 0. The molecule has 2 aliphatic rings. The molecule has 0 fully saturated rings. The summed E-state index contributed by atoms with van der Waals surface area (Å²) >= 11 is 0. The molecule has 39 heavy (non-hydrogen) atoms. The van der Waals surface area contributed by atoms with Crippen molar-refractivity contribution in [2.45, 2.75) is 11.8 Å². The molecule has 0 unspecified atom stereocenters. The standard InChI is InChI=1S/C38H27N/c1-2-11-26(12-3-1)27-21-23-30(24-22-27)39-36-20-10-19-35-37(36)31-15-6-9-18-34(31)38(35)32-16-7-4-13-28(32)25-29-14-5-8-17-33(29)38/h1-24,39H,25H2. The van der Waals surface area contributed by atoms with Crippen molar-refractivity contribution in [2.75, 3.05) is 5.32 Å². The van der Waals surface area contributed by atoms with E-state index in [1.165, 1.54) is 55.6 Å². The highest BCUT2D eigenvalue weighted by molar-refractivity contribution is 5.95. The van der Waals surface area contributed by atoms with Crippen LogP contribution >= 0.6 is 0 Å². The van der Waals surface area contributed by atoms with Crippen LogP contribution in [-0.2, 0) is 11.8 Å². The summed E-state index contributed by atoms with van der Waals surface area (Å²) in [6.07, 6.45) is 0.970. The van der Waals surface area contributed by atoms with Crippen LogP contribution in [0.5, 0.6) is 0 Å². The van der Waals surface area contributed by atoms with Crippen LogP contribution in [0, 0.1) is 0 Å². The van der Waals surface area contributed by atoms with Crippen LogP contribution in [-0.4, -0.2) is 0 Å². The number of anilines is 2. The quantitative estimate of drug-likeness (QED) is 0.256. The molecule has 1 N–H and O–H groups in total. The number of fused-ring (bicyclic) bond motifs is 9. The van der Waals surface area contributed by atoms with Crippen LogP contribution in [0.3, 0.4) is 0 Å². The van der Waals surface area contributed by atoms with Crippen LogP contribution in [0.25, 0.3) is 22.3 Å². The van der Waals surface area contributed by atoms with E-state index < -0.39 is 0 Å². The summed E-state index contributed by atoms with van der Waals surface area (Å²) in [4.78, 5) is 0. The van der Waals surface area contributed by atoms with Crippen molar-refractivity contribution in [3.8, 4) is 22.3 Å². The Morgan fingerprint density at radius 1 is 0.436 bits per heavy atom. The molecule has 184 valence electrons. The largest absolute Gasteiger partial charge is 0.355 e. The molecule has 0 atom stereocenters. The van der Waals surface area contributed by atoms with Gasteiger partial charge in [-0.1, -0.05) is 127 Å². The monoisotopic (exact) mass is 497 g/mol. The van der Waals surface area contributed by atoms with Crippen LogP contribution in [0.2, 0.25) is 0 Å². The second-order valence-electron chi connectivity index (χ2n) is 10.6. The van der Waals surface area contributed by atoms with E-state index in [2.05, 4.69) is 151 Å². The van der Waals surface area contributed by atoms with Crippen molar-refractivity contribution in [3.63, 3.8) is 0 Å². The molecule has 6 aromatic carbocycles. The van der Waals surface area contributed by atoms with E-state index in [4.69, 9.17) is 0 Å². The molecule has 0 amide bonds. The van der Waals surface area contributed by atoms with Crippen molar-refractivity contribution in [3.05, 3.63) is 179 Å². The van der Waals surface area contributed by atoms with E-state index in [1.807, 2.05) is 0 Å². The van der Waals surface area contributed by atoms with Crippen molar-refractivity contribution < 1.29 is 0 Å². The zero-order valence-corrected chi connectivity index (χ0v) is 21.6. The molecule has 0 heterocycles. The molecule has 6 aromatic rings. The molecular formula is C38H27N. The Hall–Kier alpha value is -4.88. The highest BCUT2D eigenvalue weighted by Crippen LogP contribution is 2.60. The van der Waals surface area contributed by atoms with Gasteiger partial charge in [-0.25, -0.2) is 0 Å². The van der Waals surface area contributed by atoms with Crippen molar-refractivity contribution in [2.24, 2.45) is 0 Å². The highest BCUT2D eigenvalue weighted by Gasteiger charge is 2.50. The average Bonchev–Trinajstić information content (AvgIpc) is 3.30. The molecule has 1 nitrogen and oxygen atoms in total. The predicted molar refractivity (Wildman–Crippen MR) is 162 cm³/mol.